The van der Waals surface area contributed by atoms with E-state index in [0.29, 0.717) is 6.61 Å². The molecule has 0 radical (unpaired) electrons. The summed E-state index contributed by atoms with van der Waals surface area (Å²) >= 11 is 0. The topological polar surface area (TPSA) is 35.5 Å². The van der Waals surface area contributed by atoms with E-state index in [1.54, 1.807) is 13.0 Å². The first-order valence-corrected chi connectivity index (χ1v) is 10.0. The number of benzene rings is 1. The first-order chi connectivity index (χ1) is 12.8. The van der Waals surface area contributed by atoms with Crippen molar-refractivity contribution in [1.82, 2.24) is 0 Å². The molecule has 0 unspecified atom stereocenters. The van der Waals surface area contributed by atoms with Gasteiger partial charge in [-0.25, -0.2) is 4.79 Å². The lowest BCUT2D eigenvalue weighted by molar-refractivity contribution is -0.137. The van der Waals surface area contributed by atoms with Crippen LogP contribution in [0.4, 0.5) is 0 Å². The highest BCUT2D eigenvalue weighted by Crippen LogP contribution is 2.14. The van der Waals surface area contributed by atoms with Crippen LogP contribution in [-0.4, -0.2) is 19.2 Å². The van der Waals surface area contributed by atoms with Crippen LogP contribution in [0.2, 0.25) is 0 Å². The highest BCUT2D eigenvalue weighted by molar-refractivity contribution is 5.82. The molecule has 0 fully saturated rings. The van der Waals surface area contributed by atoms with Crippen LogP contribution < -0.4 is 4.74 Å². The fourth-order valence-electron chi connectivity index (χ4n) is 2.59. The Morgan fingerprint density at radius 1 is 0.885 bits per heavy atom. The zero-order chi connectivity index (χ0) is 18.9. The molecular weight excluding hydrogens is 324 g/mol. The van der Waals surface area contributed by atoms with Gasteiger partial charge < -0.3 is 9.47 Å². The maximum atomic E-state index is 11.2. The standard InChI is InChI=1S/C23H34O3/c1-3-5-6-7-8-9-10-13-20-26-22-18-16-21(17-19-22)14-11-12-15-23(24)25-4-2/h11-12,14-19H,3-10,13,20H2,1-2H3/b14-11+,15-12+. The van der Waals surface area contributed by atoms with Crippen LogP contribution in [-0.2, 0) is 9.53 Å². The fourth-order valence-corrected chi connectivity index (χ4v) is 2.59. The summed E-state index contributed by atoms with van der Waals surface area (Å²) in [5.74, 6) is 0.592. The number of allylic oxidation sites excluding steroid dienone is 2. The lowest BCUT2D eigenvalue weighted by Crippen LogP contribution is -1.98. The Balaban J connectivity index is 2.15. The Bertz CT molecular complexity index is 529. The van der Waals surface area contributed by atoms with E-state index in [4.69, 9.17) is 9.47 Å². The summed E-state index contributed by atoms with van der Waals surface area (Å²) in [6.45, 7) is 5.23. The number of hydrogen-bond donors (Lipinski definition) is 0. The van der Waals surface area contributed by atoms with Crippen molar-refractivity contribution < 1.29 is 14.3 Å². The zero-order valence-corrected chi connectivity index (χ0v) is 16.4. The highest BCUT2D eigenvalue weighted by Gasteiger charge is 1.95. The lowest BCUT2D eigenvalue weighted by atomic mass is 10.1. The molecule has 1 aromatic carbocycles. The lowest BCUT2D eigenvalue weighted by Gasteiger charge is -2.06. The minimum absolute atomic E-state index is 0.318. The van der Waals surface area contributed by atoms with Crippen LogP contribution in [0.15, 0.2) is 42.5 Å². The van der Waals surface area contributed by atoms with Gasteiger partial charge in [0.25, 0.3) is 0 Å². The van der Waals surface area contributed by atoms with E-state index in [0.717, 1.165) is 24.3 Å². The van der Waals surface area contributed by atoms with Gasteiger partial charge in [0, 0.05) is 6.08 Å². The molecule has 3 nitrogen and oxygen atoms in total. The molecule has 3 heteroatoms. The van der Waals surface area contributed by atoms with Gasteiger partial charge in [-0.15, -0.1) is 0 Å². The highest BCUT2D eigenvalue weighted by atomic mass is 16.5. The Morgan fingerprint density at radius 2 is 1.54 bits per heavy atom. The molecule has 0 heterocycles. The third kappa shape index (κ3) is 11.5. The van der Waals surface area contributed by atoms with Gasteiger partial charge in [0.1, 0.15) is 5.75 Å². The third-order valence-corrected chi connectivity index (χ3v) is 4.07. The number of rotatable bonds is 14. The summed E-state index contributed by atoms with van der Waals surface area (Å²) in [5.41, 5.74) is 1.07. The monoisotopic (exact) mass is 358 g/mol. The van der Waals surface area contributed by atoms with Crippen molar-refractivity contribution >= 4 is 12.0 Å². The maximum Gasteiger partial charge on any atom is 0.330 e. The molecule has 0 saturated carbocycles. The van der Waals surface area contributed by atoms with Crippen LogP contribution in [0.1, 0.15) is 70.8 Å². The molecule has 1 rings (SSSR count). The molecule has 0 aromatic heterocycles. The summed E-state index contributed by atoms with van der Waals surface area (Å²) in [5, 5.41) is 0. The average molecular weight is 359 g/mol. The van der Waals surface area contributed by atoms with Gasteiger partial charge in [0.05, 0.1) is 13.2 Å². The minimum Gasteiger partial charge on any atom is -0.494 e. The summed E-state index contributed by atoms with van der Waals surface area (Å²) in [7, 11) is 0. The summed E-state index contributed by atoms with van der Waals surface area (Å²) in [4.78, 5) is 11.2. The van der Waals surface area contributed by atoms with E-state index in [-0.39, 0.29) is 5.97 Å². The minimum atomic E-state index is -0.318. The molecule has 1 aromatic rings. The van der Waals surface area contributed by atoms with E-state index < -0.39 is 0 Å². The van der Waals surface area contributed by atoms with Crippen LogP contribution >= 0.6 is 0 Å². The number of carbonyl (C=O) groups excluding carboxylic acids is 1. The quantitative estimate of drug-likeness (QED) is 0.168. The maximum absolute atomic E-state index is 11.2. The Labute approximate surface area is 159 Å². The average Bonchev–Trinajstić information content (AvgIpc) is 2.65. The van der Waals surface area contributed by atoms with Crippen LogP contribution in [0, 0.1) is 0 Å². The van der Waals surface area contributed by atoms with Gasteiger partial charge in [-0.1, -0.05) is 82.2 Å². The smallest absolute Gasteiger partial charge is 0.330 e. The fraction of sp³-hybridized carbons (Fsp3) is 0.522. The molecule has 0 atom stereocenters. The number of carbonyl (C=O) groups is 1. The molecule has 0 spiro atoms. The molecule has 0 saturated heterocycles. The van der Waals surface area contributed by atoms with Gasteiger partial charge in [-0.05, 0) is 31.0 Å². The molecular formula is C23H34O3. The van der Waals surface area contributed by atoms with Crippen molar-refractivity contribution in [3.63, 3.8) is 0 Å². The number of hydrogen-bond acceptors (Lipinski definition) is 3. The van der Waals surface area contributed by atoms with Crippen molar-refractivity contribution in [2.45, 2.75) is 65.2 Å². The second-order valence-corrected chi connectivity index (χ2v) is 6.36. The molecule has 0 amide bonds. The van der Waals surface area contributed by atoms with Gasteiger partial charge >= 0.3 is 5.97 Å². The van der Waals surface area contributed by atoms with Crippen molar-refractivity contribution in [2.24, 2.45) is 0 Å². The van der Waals surface area contributed by atoms with E-state index in [9.17, 15) is 4.79 Å². The van der Waals surface area contributed by atoms with E-state index in [2.05, 4.69) is 6.92 Å². The van der Waals surface area contributed by atoms with Crippen molar-refractivity contribution in [3.05, 3.63) is 48.1 Å². The Hall–Kier alpha value is -2.03. The molecule has 0 aliphatic rings. The summed E-state index contributed by atoms with van der Waals surface area (Å²) in [6.07, 6.45) is 17.3. The predicted molar refractivity (Wildman–Crippen MR) is 109 cm³/mol. The van der Waals surface area contributed by atoms with E-state index >= 15 is 0 Å². The summed E-state index contributed by atoms with van der Waals surface area (Å²) < 4.78 is 10.6. The Kier molecular flexibility index (Phi) is 12.9. The van der Waals surface area contributed by atoms with Crippen molar-refractivity contribution in [2.75, 3.05) is 13.2 Å². The van der Waals surface area contributed by atoms with Crippen LogP contribution in [0.3, 0.4) is 0 Å². The Morgan fingerprint density at radius 3 is 2.19 bits per heavy atom. The second kappa shape index (κ2) is 15.2. The summed E-state index contributed by atoms with van der Waals surface area (Å²) in [6, 6.07) is 7.99. The van der Waals surface area contributed by atoms with E-state index in [1.165, 1.54) is 51.0 Å². The molecule has 0 N–H and O–H groups in total. The second-order valence-electron chi connectivity index (χ2n) is 6.36. The molecule has 0 aliphatic carbocycles. The van der Waals surface area contributed by atoms with Gasteiger partial charge in [-0.3, -0.25) is 0 Å². The predicted octanol–water partition coefficient (Wildman–Crippen LogP) is 6.34. The molecule has 0 aliphatic heterocycles. The molecule has 0 bridgehead atoms. The van der Waals surface area contributed by atoms with Gasteiger partial charge in [0.15, 0.2) is 0 Å². The third-order valence-electron chi connectivity index (χ3n) is 4.07. The first-order valence-electron chi connectivity index (χ1n) is 10.0. The molecule has 144 valence electrons. The largest absolute Gasteiger partial charge is 0.494 e. The van der Waals surface area contributed by atoms with Crippen LogP contribution in [0.25, 0.3) is 6.08 Å². The van der Waals surface area contributed by atoms with Crippen LogP contribution in [0.5, 0.6) is 5.75 Å². The van der Waals surface area contributed by atoms with Gasteiger partial charge in [-0.2, -0.15) is 0 Å². The number of unbranched alkanes of at least 4 members (excludes halogenated alkanes) is 7. The van der Waals surface area contributed by atoms with E-state index in [1.807, 2.05) is 36.4 Å². The molecule has 26 heavy (non-hydrogen) atoms. The zero-order valence-electron chi connectivity index (χ0n) is 16.4. The number of ether oxygens (including phenoxy) is 2. The number of esters is 1. The van der Waals surface area contributed by atoms with Crippen molar-refractivity contribution in [1.29, 1.82) is 0 Å². The first kappa shape index (κ1) is 22.0. The van der Waals surface area contributed by atoms with Gasteiger partial charge in [0.2, 0.25) is 0 Å². The van der Waals surface area contributed by atoms with Crippen molar-refractivity contribution in [3.8, 4) is 5.75 Å². The SMILES string of the molecule is CCCCCCCCCCOc1ccc(/C=C/C=C/C(=O)OCC)cc1. The normalized spacial score (nSPS) is 11.3.